The first-order valence-electron chi connectivity index (χ1n) is 5.43. The van der Waals surface area contributed by atoms with Gasteiger partial charge in [0.2, 0.25) is 0 Å². The molecule has 2 aromatic rings. The van der Waals surface area contributed by atoms with Crippen molar-refractivity contribution in [2.45, 2.75) is 26.4 Å². The molecule has 0 aliphatic rings. The van der Waals surface area contributed by atoms with Gasteiger partial charge in [-0.1, -0.05) is 13.8 Å². The van der Waals surface area contributed by atoms with Crippen molar-refractivity contribution in [1.29, 1.82) is 0 Å². The third-order valence-corrected chi connectivity index (χ3v) is 2.26. The molecule has 16 heavy (non-hydrogen) atoms. The van der Waals surface area contributed by atoms with Crippen LogP contribution in [0.5, 0.6) is 0 Å². The molecule has 0 aliphatic carbocycles. The smallest absolute Gasteiger partial charge is 0.0831 e. The van der Waals surface area contributed by atoms with Crippen LogP contribution in [0.15, 0.2) is 36.9 Å². The summed E-state index contributed by atoms with van der Waals surface area (Å²) in [6.45, 7) is 5.09. The summed E-state index contributed by atoms with van der Waals surface area (Å²) in [6.07, 6.45) is 7.37. The van der Waals surface area contributed by atoms with Gasteiger partial charge in [0.25, 0.3) is 0 Å². The van der Waals surface area contributed by atoms with Crippen molar-refractivity contribution in [2.24, 2.45) is 0 Å². The van der Waals surface area contributed by atoms with Crippen molar-refractivity contribution in [1.82, 2.24) is 20.1 Å². The minimum Gasteiger partial charge on any atom is -0.310 e. The minimum atomic E-state index is 0.480. The van der Waals surface area contributed by atoms with E-state index in [9.17, 15) is 0 Å². The van der Waals surface area contributed by atoms with Gasteiger partial charge in [0, 0.05) is 31.2 Å². The standard InChI is InChI=1S/C12H16N4/c1-10(2)14-8-11-6-12(9-13-7-11)16-5-3-4-15-16/h3-7,9-10,14H,8H2,1-2H3. The maximum absolute atomic E-state index is 4.22. The fourth-order valence-electron chi connectivity index (χ4n) is 1.44. The largest absolute Gasteiger partial charge is 0.310 e. The second-order valence-corrected chi connectivity index (χ2v) is 4.04. The molecule has 0 spiro atoms. The molecule has 2 rings (SSSR count). The predicted molar refractivity (Wildman–Crippen MR) is 63.3 cm³/mol. The van der Waals surface area contributed by atoms with E-state index in [2.05, 4.69) is 35.3 Å². The highest BCUT2D eigenvalue weighted by atomic mass is 15.3. The fraction of sp³-hybridized carbons (Fsp3) is 0.333. The molecule has 0 unspecified atom stereocenters. The maximum Gasteiger partial charge on any atom is 0.0831 e. The van der Waals surface area contributed by atoms with Crippen molar-refractivity contribution in [3.05, 3.63) is 42.5 Å². The number of nitrogens with zero attached hydrogens (tertiary/aromatic N) is 3. The van der Waals surface area contributed by atoms with Gasteiger partial charge >= 0.3 is 0 Å². The molecular weight excluding hydrogens is 200 g/mol. The zero-order valence-corrected chi connectivity index (χ0v) is 9.59. The molecule has 0 aliphatic heterocycles. The first kappa shape index (κ1) is 10.8. The van der Waals surface area contributed by atoms with E-state index in [1.165, 1.54) is 5.56 Å². The first-order valence-corrected chi connectivity index (χ1v) is 5.43. The summed E-state index contributed by atoms with van der Waals surface area (Å²) in [4.78, 5) is 4.22. The molecule has 4 heteroatoms. The van der Waals surface area contributed by atoms with E-state index >= 15 is 0 Å². The Morgan fingerprint density at radius 1 is 1.38 bits per heavy atom. The van der Waals surface area contributed by atoms with E-state index in [1.54, 1.807) is 6.20 Å². The predicted octanol–water partition coefficient (Wildman–Crippen LogP) is 1.77. The van der Waals surface area contributed by atoms with Crippen LogP contribution in [-0.2, 0) is 6.54 Å². The van der Waals surface area contributed by atoms with E-state index in [-0.39, 0.29) is 0 Å². The van der Waals surface area contributed by atoms with Crippen LogP contribution in [0.1, 0.15) is 19.4 Å². The molecule has 0 bridgehead atoms. The zero-order valence-electron chi connectivity index (χ0n) is 9.59. The van der Waals surface area contributed by atoms with Gasteiger partial charge in [-0.25, -0.2) is 4.68 Å². The topological polar surface area (TPSA) is 42.7 Å². The highest BCUT2D eigenvalue weighted by molar-refractivity contribution is 5.30. The van der Waals surface area contributed by atoms with Crippen LogP contribution in [0.25, 0.3) is 5.69 Å². The van der Waals surface area contributed by atoms with Crippen LogP contribution >= 0.6 is 0 Å². The van der Waals surface area contributed by atoms with E-state index in [4.69, 9.17) is 0 Å². The molecule has 0 saturated carbocycles. The van der Waals surface area contributed by atoms with Crippen molar-refractivity contribution in [3.8, 4) is 5.69 Å². The molecule has 0 amide bonds. The van der Waals surface area contributed by atoms with Gasteiger partial charge in [0.15, 0.2) is 0 Å². The van der Waals surface area contributed by atoms with Crippen LogP contribution < -0.4 is 5.32 Å². The monoisotopic (exact) mass is 216 g/mol. The third-order valence-electron chi connectivity index (χ3n) is 2.26. The van der Waals surface area contributed by atoms with Crippen LogP contribution in [0, 0.1) is 0 Å². The lowest BCUT2D eigenvalue weighted by molar-refractivity contribution is 0.587. The average Bonchev–Trinajstić information content (AvgIpc) is 2.80. The molecule has 1 N–H and O–H groups in total. The number of hydrogen-bond donors (Lipinski definition) is 1. The quantitative estimate of drug-likeness (QED) is 0.847. The Bertz CT molecular complexity index is 434. The summed E-state index contributed by atoms with van der Waals surface area (Å²) in [5, 5.41) is 7.54. The highest BCUT2D eigenvalue weighted by Crippen LogP contribution is 2.07. The summed E-state index contributed by atoms with van der Waals surface area (Å²) in [5.74, 6) is 0. The number of nitrogens with one attached hydrogen (secondary N) is 1. The normalized spacial score (nSPS) is 10.9. The Morgan fingerprint density at radius 2 is 2.25 bits per heavy atom. The Labute approximate surface area is 95.3 Å². The molecule has 2 aromatic heterocycles. The van der Waals surface area contributed by atoms with E-state index < -0.39 is 0 Å². The van der Waals surface area contributed by atoms with Gasteiger partial charge in [0.05, 0.1) is 11.9 Å². The highest BCUT2D eigenvalue weighted by Gasteiger charge is 2.00. The summed E-state index contributed by atoms with van der Waals surface area (Å²) in [6, 6.07) is 4.47. The summed E-state index contributed by atoms with van der Waals surface area (Å²) in [7, 11) is 0. The molecule has 84 valence electrons. The van der Waals surface area contributed by atoms with Crippen LogP contribution in [-0.4, -0.2) is 20.8 Å². The summed E-state index contributed by atoms with van der Waals surface area (Å²) in [5.41, 5.74) is 2.16. The minimum absolute atomic E-state index is 0.480. The van der Waals surface area contributed by atoms with Crippen molar-refractivity contribution in [3.63, 3.8) is 0 Å². The Hall–Kier alpha value is -1.68. The molecule has 2 heterocycles. The zero-order chi connectivity index (χ0) is 11.4. The third kappa shape index (κ3) is 2.67. The summed E-state index contributed by atoms with van der Waals surface area (Å²) < 4.78 is 1.81. The van der Waals surface area contributed by atoms with E-state index in [0.29, 0.717) is 6.04 Å². The van der Waals surface area contributed by atoms with Gasteiger partial charge in [-0.15, -0.1) is 0 Å². The van der Waals surface area contributed by atoms with Gasteiger partial charge in [-0.2, -0.15) is 5.10 Å². The van der Waals surface area contributed by atoms with Gasteiger partial charge in [-0.3, -0.25) is 4.98 Å². The summed E-state index contributed by atoms with van der Waals surface area (Å²) >= 11 is 0. The number of hydrogen-bond acceptors (Lipinski definition) is 3. The Kier molecular flexibility index (Phi) is 3.31. The number of aromatic nitrogens is 3. The molecule has 0 fully saturated rings. The SMILES string of the molecule is CC(C)NCc1cncc(-n2cccn2)c1. The van der Waals surface area contributed by atoms with Gasteiger partial charge < -0.3 is 5.32 Å². The Morgan fingerprint density at radius 3 is 2.94 bits per heavy atom. The lowest BCUT2D eigenvalue weighted by Gasteiger charge is -2.08. The second-order valence-electron chi connectivity index (χ2n) is 4.04. The van der Waals surface area contributed by atoms with Crippen molar-refractivity contribution < 1.29 is 0 Å². The molecule has 0 radical (unpaired) electrons. The molecular formula is C12H16N4. The Balaban J connectivity index is 2.14. The lowest BCUT2D eigenvalue weighted by atomic mass is 10.2. The van der Waals surface area contributed by atoms with E-state index in [0.717, 1.165) is 12.2 Å². The fourth-order valence-corrected chi connectivity index (χ4v) is 1.44. The van der Waals surface area contributed by atoms with Crippen molar-refractivity contribution in [2.75, 3.05) is 0 Å². The molecule has 0 atom stereocenters. The van der Waals surface area contributed by atoms with Crippen molar-refractivity contribution >= 4 is 0 Å². The second kappa shape index (κ2) is 4.90. The molecule has 0 saturated heterocycles. The van der Waals surface area contributed by atoms with Crippen LogP contribution in [0.4, 0.5) is 0 Å². The number of pyridine rings is 1. The van der Waals surface area contributed by atoms with Crippen LogP contribution in [0.3, 0.4) is 0 Å². The number of rotatable bonds is 4. The average molecular weight is 216 g/mol. The lowest BCUT2D eigenvalue weighted by Crippen LogP contribution is -2.21. The van der Waals surface area contributed by atoms with Gasteiger partial charge in [0.1, 0.15) is 0 Å². The maximum atomic E-state index is 4.22. The van der Waals surface area contributed by atoms with Crippen LogP contribution in [0.2, 0.25) is 0 Å². The first-order chi connectivity index (χ1) is 7.75. The van der Waals surface area contributed by atoms with E-state index in [1.807, 2.05) is 29.3 Å². The van der Waals surface area contributed by atoms with Gasteiger partial charge in [-0.05, 0) is 17.7 Å². The molecule has 0 aromatic carbocycles. The molecule has 4 nitrogen and oxygen atoms in total.